The largest absolute Gasteiger partial charge is 0.545 e. The summed E-state index contributed by atoms with van der Waals surface area (Å²) in [5, 5.41) is 11.8. The molecule has 0 spiro atoms. The van der Waals surface area contributed by atoms with Gasteiger partial charge in [-0.3, -0.25) is 9.59 Å². The molecule has 0 aliphatic carbocycles. The van der Waals surface area contributed by atoms with Crippen molar-refractivity contribution in [2.45, 2.75) is 386 Å². The monoisotopic (exact) mass is 1250 g/mol. The Morgan fingerprint density at radius 3 is 0.899 bits per heavy atom. The summed E-state index contributed by atoms with van der Waals surface area (Å²) < 4.78 is 22.9. The Morgan fingerprint density at radius 1 is 0.337 bits per heavy atom. The number of unbranched alkanes of at least 4 members (excludes halogenated alkanes) is 47. The molecule has 2 unspecified atom stereocenters. The van der Waals surface area contributed by atoms with Crippen LogP contribution in [0.4, 0.5) is 0 Å². The van der Waals surface area contributed by atoms with Gasteiger partial charge >= 0.3 is 11.9 Å². The van der Waals surface area contributed by atoms with Gasteiger partial charge in [0, 0.05) is 12.8 Å². The molecule has 0 bridgehead atoms. The van der Waals surface area contributed by atoms with Crippen molar-refractivity contribution in [3.05, 3.63) is 60.8 Å². The first-order valence-electron chi connectivity index (χ1n) is 38.4. The topological polar surface area (TPSA) is 111 Å². The normalized spacial score (nSPS) is 13.0. The van der Waals surface area contributed by atoms with Crippen LogP contribution in [0.3, 0.4) is 0 Å². The van der Waals surface area contributed by atoms with Crippen LogP contribution < -0.4 is 5.11 Å². The zero-order valence-electron chi connectivity index (χ0n) is 59.6. The predicted octanol–water partition coefficient (Wildman–Crippen LogP) is 22.9. The van der Waals surface area contributed by atoms with Gasteiger partial charge < -0.3 is 33.3 Å². The summed E-state index contributed by atoms with van der Waals surface area (Å²) in [7, 11) is 5.94. The molecule has 0 saturated carbocycles. The number of carboxylic acid groups (broad SMARTS) is 1. The van der Waals surface area contributed by atoms with Crippen LogP contribution in [0.1, 0.15) is 373 Å². The van der Waals surface area contributed by atoms with Crippen LogP contribution in [0.25, 0.3) is 0 Å². The molecule has 0 aromatic heterocycles. The van der Waals surface area contributed by atoms with E-state index < -0.39 is 24.3 Å². The van der Waals surface area contributed by atoms with Crippen molar-refractivity contribution >= 4 is 17.9 Å². The van der Waals surface area contributed by atoms with Crippen molar-refractivity contribution in [3.8, 4) is 0 Å². The molecule has 0 aliphatic heterocycles. The van der Waals surface area contributed by atoms with Gasteiger partial charge in [-0.25, -0.2) is 0 Å². The van der Waals surface area contributed by atoms with Crippen LogP contribution in [-0.2, 0) is 33.3 Å². The molecule has 0 aromatic carbocycles. The molecule has 9 heteroatoms. The zero-order chi connectivity index (χ0) is 64.7. The van der Waals surface area contributed by atoms with Crippen molar-refractivity contribution in [2.24, 2.45) is 0 Å². The predicted molar refractivity (Wildman–Crippen MR) is 380 cm³/mol. The Balaban J connectivity index is 3.98. The fourth-order valence-electron chi connectivity index (χ4n) is 11.3. The van der Waals surface area contributed by atoms with Gasteiger partial charge in [0.15, 0.2) is 12.4 Å². The summed E-state index contributed by atoms with van der Waals surface area (Å²) >= 11 is 0. The molecule has 2 atom stereocenters. The number of carboxylic acids is 1. The first-order chi connectivity index (χ1) is 43.6. The van der Waals surface area contributed by atoms with E-state index in [1.807, 2.05) is 21.1 Å². The van der Waals surface area contributed by atoms with E-state index in [-0.39, 0.29) is 32.2 Å². The molecule has 0 radical (unpaired) electrons. The second-order valence-corrected chi connectivity index (χ2v) is 27.3. The molecule has 0 saturated heterocycles. The average molecular weight is 1250 g/mol. The summed E-state index contributed by atoms with van der Waals surface area (Å²) in [6, 6.07) is 0. The summed E-state index contributed by atoms with van der Waals surface area (Å²) in [6.45, 7) is 4.78. The Morgan fingerprint density at radius 2 is 0.607 bits per heavy atom. The molecule has 0 fully saturated rings. The van der Waals surface area contributed by atoms with Gasteiger partial charge in [-0.15, -0.1) is 0 Å². The number of ether oxygens (including phenoxy) is 4. The van der Waals surface area contributed by atoms with E-state index in [4.69, 9.17) is 18.9 Å². The summed E-state index contributed by atoms with van der Waals surface area (Å²) in [5.41, 5.74) is 0. The average Bonchev–Trinajstić information content (AvgIpc) is 3.64. The maximum Gasteiger partial charge on any atom is 0.306 e. The van der Waals surface area contributed by atoms with Crippen LogP contribution in [0.15, 0.2) is 60.8 Å². The summed E-state index contributed by atoms with van der Waals surface area (Å²) in [5.74, 6) is -2.26. The third kappa shape index (κ3) is 72.3. The van der Waals surface area contributed by atoms with Gasteiger partial charge in [0.25, 0.3) is 0 Å². The Kier molecular flexibility index (Phi) is 68.5. The summed E-state index contributed by atoms with van der Waals surface area (Å²) in [6.07, 6.45) is 90.5. The lowest BCUT2D eigenvalue weighted by atomic mass is 10.0. The highest BCUT2D eigenvalue weighted by molar-refractivity contribution is 5.70. The molecular formula is C80H147NO8. The van der Waals surface area contributed by atoms with E-state index in [1.54, 1.807) is 0 Å². The van der Waals surface area contributed by atoms with E-state index in [0.717, 1.165) is 57.8 Å². The van der Waals surface area contributed by atoms with Crippen molar-refractivity contribution in [3.63, 3.8) is 0 Å². The molecule has 0 heterocycles. The molecule has 89 heavy (non-hydrogen) atoms. The number of hydrogen-bond acceptors (Lipinski definition) is 8. The number of quaternary nitrogens is 1. The number of allylic oxidation sites excluding steroid dienone is 10. The third-order valence-corrected chi connectivity index (χ3v) is 17.2. The molecule has 0 N–H and O–H groups in total. The van der Waals surface area contributed by atoms with Crippen LogP contribution in [0, 0.1) is 0 Å². The Labute approximate surface area is 552 Å². The van der Waals surface area contributed by atoms with Crippen molar-refractivity contribution < 1.29 is 42.9 Å². The SMILES string of the molecule is CCCCCCC/C=C\C/C=C\C/C=C\CCCCCCCCCCCCCCCCCCCCCCCCCCC(=O)OC(COC(=O)CCCCCCCCCCCCCCC/C=C\C/C=C\CCCCCCC)COC(OCC[N+](C)(C)C)C(=O)[O-]. The molecule has 520 valence electrons. The minimum atomic E-state index is -1.62. The quantitative estimate of drug-likeness (QED) is 0.0195. The highest BCUT2D eigenvalue weighted by Crippen LogP contribution is 2.19. The molecular weight excluding hydrogens is 1100 g/mol. The number of rotatable bonds is 72. The highest BCUT2D eigenvalue weighted by atomic mass is 16.7. The van der Waals surface area contributed by atoms with Crippen LogP contribution in [0.2, 0.25) is 0 Å². The lowest BCUT2D eigenvalue weighted by Crippen LogP contribution is -2.44. The Hall–Kier alpha value is -3.01. The van der Waals surface area contributed by atoms with Crippen LogP contribution in [0.5, 0.6) is 0 Å². The zero-order valence-corrected chi connectivity index (χ0v) is 59.6. The fraction of sp³-hybridized carbons (Fsp3) is 0.838. The second kappa shape index (κ2) is 70.9. The number of likely N-dealkylation sites (N-methyl/N-ethyl adjacent to an activating group) is 1. The maximum absolute atomic E-state index is 13.0. The molecule has 0 amide bonds. The second-order valence-electron chi connectivity index (χ2n) is 27.3. The van der Waals surface area contributed by atoms with Crippen molar-refractivity contribution in [1.82, 2.24) is 0 Å². The van der Waals surface area contributed by atoms with E-state index in [2.05, 4.69) is 74.6 Å². The molecule has 0 aromatic rings. The van der Waals surface area contributed by atoms with Gasteiger partial charge in [-0.1, -0.05) is 338 Å². The first-order valence-corrected chi connectivity index (χ1v) is 38.4. The van der Waals surface area contributed by atoms with Crippen molar-refractivity contribution in [1.29, 1.82) is 0 Å². The number of hydrogen-bond donors (Lipinski definition) is 0. The van der Waals surface area contributed by atoms with Crippen molar-refractivity contribution in [2.75, 3.05) is 47.5 Å². The molecule has 0 aliphatic rings. The number of carbonyl (C=O) groups is 3. The van der Waals surface area contributed by atoms with Crippen LogP contribution in [-0.4, -0.2) is 82.3 Å². The van der Waals surface area contributed by atoms with E-state index >= 15 is 0 Å². The van der Waals surface area contributed by atoms with Crippen LogP contribution >= 0.6 is 0 Å². The summed E-state index contributed by atoms with van der Waals surface area (Å²) in [4.78, 5) is 37.5. The lowest BCUT2D eigenvalue weighted by Gasteiger charge is -2.26. The van der Waals surface area contributed by atoms with Gasteiger partial charge in [0.1, 0.15) is 13.2 Å². The third-order valence-electron chi connectivity index (χ3n) is 17.2. The fourth-order valence-corrected chi connectivity index (χ4v) is 11.3. The smallest absolute Gasteiger partial charge is 0.306 e. The first kappa shape index (κ1) is 86.0. The van der Waals surface area contributed by atoms with Gasteiger partial charge in [-0.2, -0.15) is 0 Å². The number of aliphatic carboxylic acids is 1. The van der Waals surface area contributed by atoms with Gasteiger partial charge in [0.05, 0.1) is 40.3 Å². The molecule has 0 rings (SSSR count). The highest BCUT2D eigenvalue weighted by Gasteiger charge is 2.22. The molecule has 9 nitrogen and oxygen atoms in total. The number of nitrogens with zero attached hydrogens (tertiary/aromatic N) is 1. The minimum Gasteiger partial charge on any atom is -0.545 e. The minimum absolute atomic E-state index is 0.149. The van der Waals surface area contributed by atoms with Gasteiger partial charge in [0.2, 0.25) is 0 Å². The lowest BCUT2D eigenvalue weighted by molar-refractivity contribution is -0.870. The standard InChI is InChI=1S/C80H147NO8/c1-6-8-10-12-14-16-18-20-22-24-26-28-30-32-33-34-35-36-37-38-39-40-41-42-43-44-45-47-49-51-53-55-57-59-61-63-65-67-69-71-78(83)89-76(75-88-80(79(84)85)86-73-72-81(3,4)5)74-87-77(82)70-68-66-64-62-60-58-56-54-52-50-48-46-31-29-27-25-23-21-19-17-15-13-11-9-7-2/h18-21,24-27,30,32,76,80H,6-17,22-23,28-29,31,33-75H2,1-5H3/b20-18-,21-19-,26-24-,27-25-,32-30-. The maximum atomic E-state index is 13.0. The number of carbonyl (C=O) groups excluding carboxylic acids is 3. The van der Waals surface area contributed by atoms with E-state index in [0.29, 0.717) is 17.4 Å². The van der Waals surface area contributed by atoms with E-state index in [9.17, 15) is 19.5 Å². The number of esters is 2. The Bertz CT molecular complexity index is 1650. The van der Waals surface area contributed by atoms with E-state index in [1.165, 1.54) is 289 Å². The van der Waals surface area contributed by atoms with Gasteiger partial charge in [-0.05, 0) is 83.5 Å².